The number of methoxy groups -OCH3 is 3. The zero-order chi connectivity index (χ0) is 22.8. The van der Waals surface area contributed by atoms with E-state index in [1.807, 2.05) is 31.2 Å². The molecule has 0 aliphatic carbocycles. The number of ether oxygens (including phenoxy) is 5. The van der Waals surface area contributed by atoms with Crippen LogP contribution in [-0.4, -0.2) is 37.4 Å². The fourth-order valence-corrected chi connectivity index (χ4v) is 4.90. The van der Waals surface area contributed by atoms with Gasteiger partial charge in [0.15, 0.2) is 23.0 Å². The molecule has 0 amide bonds. The Hall–Kier alpha value is -3.23. The second-order valence-corrected chi connectivity index (χ2v) is 8.57. The number of aliphatic hydroxyl groups is 1. The van der Waals surface area contributed by atoms with Crippen LogP contribution in [0.4, 0.5) is 0 Å². The highest BCUT2D eigenvalue weighted by Crippen LogP contribution is 2.50. The standard InChI is InChI=1S/C24H24O7S/c1-14-5-7-16(8-6-14)32(26)21-11-19-18(30-13-31-19)10-17(21)22-15(12-25)9-20(27-2)23(28-3)24(22)29-4/h5-11,25H,12-13H2,1-4H3. The van der Waals surface area contributed by atoms with Gasteiger partial charge in [-0.1, -0.05) is 17.7 Å². The Kier molecular flexibility index (Phi) is 6.25. The Morgan fingerprint density at radius 2 is 1.59 bits per heavy atom. The van der Waals surface area contributed by atoms with Gasteiger partial charge < -0.3 is 28.8 Å². The number of benzene rings is 3. The minimum atomic E-state index is -1.54. The van der Waals surface area contributed by atoms with Crippen molar-refractivity contribution in [2.24, 2.45) is 0 Å². The summed E-state index contributed by atoms with van der Waals surface area (Å²) in [5, 5.41) is 10.2. The molecule has 0 spiro atoms. The molecule has 32 heavy (non-hydrogen) atoms. The van der Waals surface area contributed by atoms with Gasteiger partial charge >= 0.3 is 0 Å². The lowest BCUT2D eigenvalue weighted by Gasteiger charge is -2.21. The van der Waals surface area contributed by atoms with Crippen molar-refractivity contribution < 1.29 is 33.0 Å². The topological polar surface area (TPSA) is 83.5 Å². The van der Waals surface area contributed by atoms with Gasteiger partial charge in [0.1, 0.15) is 0 Å². The van der Waals surface area contributed by atoms with Gasteiger partial charge in [0.2, 0.25) is 12.5 Å². The van der Waals surface area contributed by atoms with Gasteiger partial charge in [-0.25, -0.2) is 4.21 Å². The van der Waals surface area contributed by atoms with Gasteiger partial charge in [-0.2, -0.15) is 0 Å². The maximum absolute atomic E-state index is 13.7. The first-order valence-corrected chi connectivity index (χ1v) is 11.0. The van der Waals surface area contributed by atoms with Crippen molar-refractivity contribution in [1.29, 1.82) is 0 Å². The normalized spacial score (nSPS) is 13.0. The minimum Gasteiger partial charge on any atom is -0.493 e. The first-order valence-electron chi connectivity index (χ1n) is 9.87. The van der Waals surface area contributed by atoms with E-state index in [9.17, 15) is 9.32 Å². The zero-order valence-corrected chi connectivity index (χ0v) is 19.1. The van der Waals surface area contributed by atoms with Gasteiger partial charge in [-0.05, 0) is 36.8 Å². The Balaban J connectivity index is 2.02. The second kappa shape index (κ2) is 9.10. The quantitative estimate of drug-likeness (QED) is 0.574. The lowest BCUT2D eigenvalue weighted by Crippen LogP contribution is -2.04. The van der Waals surface area contributed by atoms with Crippen LogP contribution in [0.1, 0.15) is 11.1 Å². The molecule has 1 atom stereocenters. The van der Waals surface area contributed by atoms with Crippen LogP contribution in [0.2, 0.25) is 0 Å². The SMILES string of the molecule is COc1cc(CO)c(-c2cc3c(cc2S(=O)c2ccc(C)cc2)OCO3)c(OC)c1OC. The lowest BCUT2D eigenvalue weighted by atomic mass is 9.97. The van der Waals surface area contributed by atoms with Gasteiger partial charge in [-0.15, -0.1) is 0 Å². The monoisotopic (exact) mass is 456 g/mol. The van der Waals surface area contributed by atoms with Crippen LogP contribution in [0.5, 0.6) is 28.7 Å². The molecule has 7 nitrogen and oxygen atoms in total. The first kappa shape index (κ1) is 22.0. The van der Waals surface area contributed by atoms with Crippen molar-refractivity contribution in [3.8, 4) is 39.9 Å². The molecule has 0 aromatic heterocycles. The maximum atomic E-state index is 13.7. The number of aliphatic hydroxyl groups excluding tert-OH is 1. The third-order valence-electron chi connectivity index (χ3n) is 5.26. The van der Waals surface area contributed by atoms with E-state index in [0.717, 1.165) is 5.56 Å². The lowest BCUT2D eigenvalue weighted by molar-refractivity contribution is 0.174. The minimum absolute atomic E-state index is 0.0747. The van der Waals surface area contributed by atoms with Crippen molar-refractivity contribution in [2.45, 2.75) is 23.3 Å². The van der Waals surface area contributed by atoms with E-state index >= 15 is 0 Å². The molecule has 0 radical (unpaired) electrons. The van der Waals surface area contributed by atoms with E-state index in [-0.39, 0.29) is 13.4 Å². The summed E-state index contributed by atoms with van der Waals surface area (Å²) in [7, 11) is 2.98. The van der Waals surface area contributed by atoms with E-state index in [2.05, 4.69) is 0 Å². The van der Waals surface area contributed by atoms with E-state index in [1.165, 1.54) is 21.3 Å². The molecule has 3 aromatic rings. The molecule has 1 N–H and O–H groups in total. The highest BCUT2D eigenvalue weighted by Gasteiger charge is 2.28. The third-order valence-corrected chi connectivity index (χ3v) is 6.70. The summed E-state index contributed by atoms with van der Waals surface area (Å²) in [6.45, 7) is 1.75. The molecule has 0 fully saturated rings. The second-order valence-electron chi connectivity index (χ2n) is 7.12. The fourth-order valence-electron chi connectivity index (χ4n) is 3.69. The predicted molar refractivity (Wildman–Crippen MR) is 119 cm³/mol. The van der Waals surface area contributed by atoms with Crippen molar-refractivity contribution in [1.82, 2.24) is 0 Å². The summed E-state index contributed by atoms with van der Waals surface area (Å²) in [6.07, 6.45) is 0. The molecular formula is C24H24O7S. The molecule has 3 aromatic carbocycles. The Bertz CT molecular complexity index is 1170. The van der Waals surface area contributed by atoms with E-state index in [4.69, 9.17) is 23.7 Å². The molecule has 0 bridgehead atoms. The van der Waals surface area contributed by atoms with E-state index in [1.54, 1.807) is 18.2 Å². The average molecular weight is 457 g/mol. The Morgan fingerprint density at radius 3 is 2.19 bits per heavy atom. The largest absolute Gasteiger partial charge is 0.493 e. The first-order chi connectivity index (χ1) is 15.5. The third kappa shape index (κ3) is 3.76. The summed E-state index contributed by atoms with van der Waals surface area (Å²) in [5.41, 5.74) is 2.72. The van der Waals surface area contributed by atoms with Crippen LogP contribution in [0.25, 0.3) is 11.1 Å². The van der Waals surface area contributed by atoms with Gasteiger partial charge in [-0.3, -0.25) is 0 Å². The molecule has 0 saturated heterocycles. The fraction of sp³-hybridized carbons (Fsp3) is 0.250. The van der Waals surface area contributed by atoms with Gasteiger partial charge in [0, 0.05) is 22.1 Å². The van der Waals surface area contributed by atoms with Crippen LogP contribution in [0.3, 0.4) is 0 Å². The van der Waals surface area contributed by atoms with Crippen molar-refractivity contribution in [2.75, 3.05) is 28.1 Å². The number of aryl methyl sites for hydroxylation is 1. The van der Waals surface area contributed by atoms with Crippen LogP contribution in [0.15, 0.2) is 52.3 Å². The Morgan fingerprint density at radius 1 is 0.938 bits per heavy atom. The summed E-state index contributed by atoms with van der Waals surface area (Å²) in [5.74, 6) is 2.17. The molecule has 168 valence electrons. The van der Waals surface area contributed by atoms with Crippen molar-refractivity contribution in [3.05, 3.63) is 53.6 Å². The summed E-state index contributed by atoms with van der Waals surface area (Å²) >= 11 is 0. The van der Waals surface area contributed by atoms with Crippen molar-refractivity contribution >= 4 is 10.8 Å². The number of rotatable bonds is 7. The van der Waals surface area contributed by atoms with Crippen LogP contribution in [0, 0.1) is 6.92 Å². The van der Waals surface area contributed by atoms with Crippen molar-refractivity contribution in [3.63, 3.8) is 0 Å². The maximum Gasteiger partial charge on any atom is 0.231 e. The Labute approximate surface area is 188 Å². The molecule has 8 heteroatoms. The van der Waals surface area contributed by atoms with Crippen LogP contribution >= 0.6 is 0 Å². The highest BCUT2D eigenvalue weighted by molar-refractivity contribution is 7.85. The number of hydrogen-bond donors (Lipinski definition) is 1. The molecule has 0 saturated carbocycles. The zero-order valence-electron chi connectivity index (χ0n) is 18.3. The predicted octanol–water partition coefficient (Wildman–Crippen LogP) is 4.08. The summed E-state index contributed by atoms with van der Waals surface area (Å²) < 4.78 is 41.5. The number of hydrogen-bond acceptors (Lipinski definition) is 7. The highest BCUT2D eigenvalue weighted by atomic mass is 32.2. The molecule has 1 heterocycles. The van der Waals surface area contributed by atoms with Crippen LogP contribution < -0.4 is 23.7 Å². The van der Waals surface area contributed by atoms with Gasteiger partial charge in [0.05, 0.1) is 43.6 Å². The molecule has 1 aliphatic rings. The molecule has 1 unspecified atom stereocenters. The van der Waals surface area contributed by atoms with E-state index < -0.39 is 10.8 Å². The summed E-state index contributed by atoms with van der Waals surface area (Å²) in [6, 6.07) is 12.6. The molecule has 1 aliphatic heterocycles. The van der Waals surface area contributed by atoms with Crippen LogP contribution in [-0.2, 0) is 17.4 Å². The average Bonchev–Trinajstić information content (AvgIpc) is 3.29. The van der Waals surface area contributed by atoms with Gasteiger partial charge in [0.25, 0.3) is 0 Å². The van der Waals surface area contributed by atoms with E-state index in [0.29, 0.717) is 55.2 Å². The molecule has 4 rings (SSSR count). The molecular weight excluding hydrogens is 432 g/mol. The smallest absolute Gasteiger partial charge is 0.231 e. The summed E-state index contributed by atoms with van der Waals surface area (Å²) in [4.78, 5) is 1.14. The number of fused-ring (bicyclic) bond motifs is 1.